The first-order chi connectivity index (χ1) is 7.85. The fourth-order valence-electron chi connectivity index (χ4n) is 1.44. The van der Waals surface area contributed by atoms with Crippen LogP contribution < -0.4 is 4.74 Å². The van der Waals surface area contributed by atoms with Gasteiger partial charge in [-0.2, -0.15) is 5.26 Å². The largest absolute Gasteiger partial charge is 0.464 e. The molecule has 0 aliphatic rings. The van der Waals surface area contributed by atoms with Crippen LogP contribution in [0.5, 0.6) is 5.95 Å². The highest BCUT2D eigenvalue weighted by atomic mass is 16.6. The molecule has 0 N–H and O–H groups in total. The molecule has 3 heteroatoms. The summed E-state index contributed by atoms with van der Waals surface area (Å²) in [6, 6.07) is 13.4. The molecular weight excluding hydrogens is 202 g/mol. The third-order valence-corrected chi connectivity index (χ3v) is 2.15. The Hall–Kier alpha value is -2.21. The first kappa shape index (κ1) is 10.3. The second-order valence-electron chi connectivity index (χ2n) is 3.22. The van der Waals surface area contributed by atoms with Gasteiger partial charge < -0.3 is 9.15 Å². The molecule has 0 aliphatic carbocycles. The Kier molecular flexibility index (Phi) is 2.93. The molecule has 0 radical (unpaired) electrons. The van der Waals surface area contributed by atoms with Gasteiger partial charge in [0.15, 0.2) is 0 Å². The molecule has 80 valence electrons. The van der Waals surface area contributed by atoms with Crippen LogP contribution in [0.25, 0.3) is 11.3 Å². The minimum absolute atomic E-state index is 0.295. The molecule has 0 fully saturated rings. The fourth-order valence-corrected chi connectivity index (χ4v) is 1.44. The highest BCUT2D eigenvalue weighted by Gasteiger charge is 2.12. The van der Waals surface area contributed by atoms with E-state index in [0.717, 1.165) is 5.56 Å². The van der Waals surface area contributed by atoms with Crippen molar-refractivity contribution in [3.63, 3.8) is 0 Å². The van der Waals surface area contributed by atoms with Crippen LogP contribution in [0.4, 0.5) is 0 Å². The van der Waals surface area contributed by atoms with E-state index >= 15 is 0 Å². The maximum Gasteiger partial charge on any atom is 0.303 e. The quantitative estimate of drug-likeness (QED) is 0.786. The average molecular weight is 213 g/mol. The van der Waals surface area contributed by atoms with Crippen LogP contribution >= 0.6 is 0 Å². The lowest BCUT2D eigenvalue weighted by Gasteiger charge is -1.97. The van der Waals surface area contributed by atoms with E-state index in [1.165, 1.54) is 0 Å². The van der Waals surface area contributed by atoms with Crippen molar-refractivity contribution >= 4 is 0 Å². The SMILES string of the molecule is CCOc1oc(-c2ccccc2)cc1C#N. The average Bonchev–Trinajstić information content (AvgIpc) is 2.74. The first-order valence-corrected chi connectivity index (χ1v) is 5.07. The topological polar surface area (TPSA) is 46.2 Å². The van der Waals surface area contributed by atoms with Crippen molar-refractivity contribution in [1.29, 1.82) is 5.26 Å². The highest BCUT2D eigenvalue weighted by molar-refractivity contribution is 5.61. The molecule has 0 aliphatic heterocycles. The molecule has 0 unspecified atom stereocenters. The predicted octanol–water partition coefficient (Wildman–Crippen LogP) is 3.22. The van der Waals surface area contributed by atoms with Crippen molar-refractivity contribution < 1.29 is 9.15 Å². The summed E-state index contributed by atoms with van der Waals surface area (Å²) in [4.78, 5) is 0. The zero-order valence-corrected chi connectivity index (χ0v) is 8.93. The Balaban J connectivity index is 2.41. The molecule has 1 heterocycles. The lowest BCUT2D eigenvalue weighted by molar-refractivity contribution is 0.259. The Bertz CT molecular complexity index is 508. The Morgan fingerprint density at radius 3 is 2.69 bits per heavy atom. The minimum Gasteiger partial charge on any atom is -0.464 e. The Morgan fingerprint density at radius 2 is 2.06 bits per heavy atom. The number of hydrogen-bond donors (Lipinski definition) is 0. The minimum atomic E-state index is 0.295. The molecular formula is C13H11NO2. The standard InChI is InChI=1S/C13H11NO2/c1-2-15-13-11(9-14)8-12(16-13)10-6-4-3-5-7-10/h3-8H,2H2,1H3. The highest BCUT2D eigenvalue weighted by Crippen LogP contribution is 2.30. The van der Waals surface area contributed by atoms with Gasteiger partial charge in [-0.05, 0) is 6.92 Å². The number of nitrogens with zero attached hydrogens (tertiary/aromatic N) is 1. The van der Waals surface area contributed by atoms with Crippen molar-refractivity contribution in [2.45, 2.75) is 6.92 Å². The van der Waals surface area contributed by atoms with Gasteiger partial charge in [0.05, 0.1) is 6.61 Å². The summed E-state index contributed by atoms with van der Waals surface area (Å²) >= 11 is 0. The molecule has 16 heavy (non-hydrogen) atoms. The van der Waals surface area contributed by atoms with E-state index in [0.29, 0.717) is 23.9 Å². The van der Waals surface area contributed by atoms with Crippen molar-refractivity contribution in [1.82, 2.24) is 0 Å². The molecule has 0 amide bonds. The molecule has 0 saturated carbocycles. The van der Waals surface area contributed by atoms with Gasteiger partial charge in [0.2, 0.25) is 0 Å². The summed E-state index contributed by atoms with van der Waals surface area (Å²) in [5, 5.41) is 8.92. The van der Waals surface area contributed by atoms with Crippen LogP contribution in [-0.2, 0) is 0 Å². The van der Waals surface area contributed by atoms with E-state index in [1.807, 2.05) is 37.3 Å². The maximum absolute atomic E-state index is 8.92. The Labute approximate surface area is 93.9 Å². The summed E-state index contributed by atoms with van der Waals surface area (Å²) < 4.78 is 10.7. The predicted molar refractivity (Wildman–Crippen MR) is 60.0 cm³/mol. The first-order valence-electron chi connectivity index (χ1n) is 5.07. The van der Waals surface area contributed by atoms with Gasteiger partial charge in [-0.1, -0.05) is 30.3 Å². The van der Waals surface area contributed by atoms with Gasteiger partial charge >= 0.3 is 5.95 Å². The van der Waals surface area contributed by atoms with E-state index in [2.05, 4.69) is 6.07 Å². The number of rotatable bonds is 3. The van der Waals surface area contributed by atoms with Crippen molar-refractivity contribution in [2.24, 2.45) is 0 Å². The summed E-state index contributed by atoms with van der Waals surface area (Å²) in [5.74, 6) is 0.949. The van der Waals surface area contributed by atoms with Gasteiger partial charge in [-0.3, -0.25) is 0 Å². The van der Waals surface area contributed by atoms with Gasteiger partial charge in [-0.15, -0.1) is 0 Å². The number of nitriles is 1. The lowest BCUT2D eigenvalue weighted by atomic mass is 10.1. The zero-order chi connectivity index (χ0) is 11.4. The van der Waals surface area contributed by atoms with Gasteiger partial charge in [0, 0.05) is 11.6 Å². The number of furan rings is 1. The Morgan fingerprint density at radius 1 is 1.31 bits per heavy atom. The van der Waals surface area contributed by atoms with Crippen LogP contribution in [0.15, 0.2) is 40.8 Å². The van der Waals surface area contributed by atoms with Crippen LogP contribution in [0.3, 0.4) is 0 Å². The molecule has 2 aromatic rings. The molecule has 0 bridgehead atoms. The van der Waals surface area contributed by atoms with Crippen LogP contribution in [0.2, 0.25) is 0 Å². The van der Waals surface area contributed by atoms with Crippen molar-refractivity contribution in [3.05, 3.63) is 42.0 Å². The third kappa shape index (κ3) is 1.91. The van der Waals surface area contributed by atoms with Gasteiger partial charge in [0.25, 0.3) is 0 Å². The molecule has 0 spiro atoms. The summed E-state index contributed by atoms with van der Waals surface area (Å²) in [7, 11) is 0. The summed E-state index contributed by atoms with van der Waals surface area (Å²) in [5.41, 5.74) is 1.37. The lowest BCUT2D eigenvalue weighted by Crippen LogP contribution is -1.90. The van der Waals surface area contributed by atoms with E-state index in [-0.39, 0.29) is 0 Å². The second-order valence-corrected chi connectivity index (χ2v) is 3.22. The summed E-state index contributed by atoms with van der Waals surface area (Å²) in [6.45, 7) is 2.34. The smallest absolute Gasteiger partial charge is 0.303 e. The number of benzene rings is 1. The van der Waals surface area contributed by atoms with Crippen LogP contribution in [-0.4, -0.2) is 6.61 Å². The second kappa shape index (κ2) is 4.54. The molecule has 1 aromatic carbocycles. The monoisotopic (exact) mass is 213 g/mol. The van der Waals surface area contributed by atoms with Crippen LogP contribution in [0, 0.1) is 11.3 Å². The molecule has 0 saturated heterocycles. The van der Waals surface area contributed by atoms with Crippen LogP contribution in [0.1, 0.15) is 12.5 Å². The normalized spacial score (nSPS) is 9.75. The van der Waals surface area contributed by atoms with E-state index in [4.69, 9.17) is 14.4 Å². The van der Waals surface area contributed by atoms with Gasteiger partial charge in [0.1, 0.15) is 17.4 Å². The molecule has 2 rings (SSSR count). The number of ether oxygens (including phenoxy) is 1. The maximum atomic E-state index is 8.92. The van der Waals surface area contributed by atoms with E-state index in [1.54, 1.807) is 6.07 Å². The third-order valence-electron chi connectivity index (χ3n) is 2.15. The van der Waals surface area contributed by atoms with Gasteiger partial charge in [-0.25, -0.2) is 0 Å². The molecule has 1 aromatic heterocycles. The summed E-state index contributed by atoms with van der Waals surface area (Å²) in [6.07, 6.45) is 0. The fraction of sp³-hybridized carbons (Fsp3) is 0.154. The zero-order valence-electron chi connectivity index (χ0n) is 8.93. The van der Waals surface area contributed by atoms with E-state index in [9.17, 15) is 0 Å². The molecule has 0 atom stereocenters. The van der Waals surface area contributed by atoms with Crippen molar-refractivity contribution in [2.75, 3.05) is 6.61 Å². The van der Waals surface area contributed by atoms with E-state index < -0.39 is 0 Å². The van der Waals surface area contributed by atoms with Crippen molar-refractivity contribution in [3.8, 4) is 23.3 Å². The molecule has 3 nitrogen and oxygen atoms in total. The number of hydrogen-bond acceptors (Lipinski definition) is 3.